The molecule has 1 saturated heterocycles. The minimum atomic E-state index is 0.504. The highest BCUT2D eigenvalue weighted by Gasteiger charge is 2.50. The lowest BCUT2D eigenvalue weighted by Crippen LogP contribution is -2.50. The first-order valence-corrected chi connectivity index (χ1v) is 7.36. The second kappa shape index (κ2) is 5.11. The zero-order valence-corrected chi connectivity index (χ0v) is 10.8. The average Bonchev–Trinajstić information content (AvgIpc) is 2.97. The van der Waals surface area contributed by atoms with Gasteiger partial charge in [0.15, 0.2) is 0 Å². The van der Waals surface area contributed by atoms with Crippen molar-refractivity contribution in [3.05, 3.63) is 12.7 Å². The Morgan fingerprint density at radius 1 is 1.12 bits per heavy atom. The fraction of sp³-hybridized carbons (Fsp3) is 0.867. The number of piperidine rings is 1. The van der Waals surface area contributed by atoms with Gasteiger partial charge in [-0.15, -0.1) is 6.58 Å². The second-order valence-corrected chi connectivity index (χ2v) is 6.01. The highest BCUT2D eigenvalue weighted by Crippen LogP contribution is 2.48. The van der Waals surface area contributed by atoms with Crippen molar-refractivity contribution in [2.75, 3.05) is 19.7 Å². The highest BCUT2D eigenvalue weighted by atomic mass is 16.5. The van der Waals surface area contributed by atoms with Crippen molar-refractivity contribution in [2.45, 2.75) is 50.7 Å². The Bertz CT molecular complexity index is 272. The molecule has 3 fully saturated rings. The van der Waals surface area contributed by atoms with Gasteiger partial charge in [0.1, 0.15) is 0 Å². The summed E-state index contributed by atoms with van der Waals surface area (Å²) >= 11 is 0. The molecule has 1 aliphatic heterocycles. The fourth-order valence-electron chi connectivity index (χ4n) is 4.34. The second-order valence-electron chi connectivity index (χ2n) is 6.01. The van der Waals surface area contributed by atoms with Crippen LogP contribution in [0.5, 0.6) is 0 Å². The van der Waals surface area contributed by atoms with E-state index in [9.17, 15) is 0 Å². The Morgan fingerprint density at radius 2 is 1.88 bits per heavy atom. The molecule has 1 heterocycles. The molecular weight excluding hydrogens is 210 g/mol. The van der Waals surface area contributed by atoms with Crippen LogP contribution in [0.15, 0.2) is 12.7 Å². The van der Waals surface area contributed by atoms with Gasteiger partial charge in [0.2, 0.25) is 0 Å². The van der Waals surface area contributed by atoms with Crippen molar-refractivity contribution < 1.29 is 4.74 Å². The largest absolute Gasteiger partial charge is 0.372 e. The summed E-state index contributed by atoms with van der Waals surface area (Å²) in [6.45, 7) is 7.13. The first kappa shape index (κ1) is 11.7. The van der Waals surface area contributed by atoms with E-state index in [0.29, 0.717) is 6.10 Å². The molecule has 2 saturated carbocycles. The van der Waals surface area contributed by atoms with Crippen LogP contribution in [0.3, 0.4) is 0 Å². The zero-order chi connectivity index (χ0) is 11.7. The highest BCUT2D eigenvalue weighted by molar-refractivity contribution is 5.03. The molecule has 17 heavy (non-hydrogen) atoms. The molecule has 0 aromatic rings. The molecule has 2 heteroatoms. The summed E-state index contributed by atoms with van der Waals surface area (Å²) < 4.78 is 6.09. The van der Waals surface area contributed by atoms with Crippen LogP contribution in [-0.4, -0.2) is 36.7 Å². The third-order valence-electron chi connectivity index (χ3n) is 5.02. The van der Waals surface area contributed by atoms with Gasteiger partial charge in [-0.25, -0.2) is 0 Å². The maximum atomic E-state index is 6.09. The van der Waals surface area contributed by atoms with Gasteiger partial charge in [0, 0.05) is 6.04 Å². The first-order valence-electron chi connectivity index (χ1n) is 7.36. The predicted octanol–water partition coefficient (Wildman–Crippen LogP) is 2.84. The van der Waals surface area contributed by atoms with Crippen LogP contribution in [0.25, 0.3) is 0 Å². The third kappa shape index (κ3) is 2.17. The number of rotatable bonds is 4. The van der Waals surface area contributed by atoms with Gasteiger partial charge >= 0.3 is 0 Å². The van der Waals surface area contributed by atoms with Gasteiger partial charge in [0.25, 0.3) is 0 Å². The summed E-state index contributed by atoms with van der Waals surface area (Å²) in [5.74, 6) is 1.76. The molecule has 0 aromatic carbocycles. The van der Waals surface area contributed by atoms with E-state index in [1.807, 2.05) is 6.08 Å². The molecule has 3 rings (SSSR count). The van der Waals surface area contributed by atoms with Gasteiger partial charge in [-0.3, -0.25) is 4.90 Å². The van der Waals surface area contributed by atoms with E-state index in [-0.39, 0.29) is 0 Å². The van der Waals surface area contributed by atoms with Crippen LogP contribution in [0.1, 0.15) is 38.5 Å². The molecule has 0 spiro atoms. The minimum Gasteiger partial charge on any atom is -0.372 e. The van der Waals surface area contributed by atoms with Crippen molar-refractivity contribution in [2.24, 2.45) is 11.8 Å². The summed E-state index contributed by atoms with van der Waals surface area (Å²) in [5, 5.41) is 0. The summed E-state index contributed by atoms with van der Waals surface area (Å²) in [7, 11) is 0. The van der Waals surface area contributed by atoms with Crippen molar-refractivity contribution in [3.8, 4) is 0 Å². The quantitative estimate of drug-likeness (QED) is 0.695. The lowest BCUT2D eigenvalue weighted by Gasteiger charge is -2.41. The van der Waals surface area contributed by atoms with E-state index in [2.05, 4.69) is 11.5 Å². The first-order chi connectivity index (χ1) is 8.40. The molecule has 2 aliphatic carbocycles. The zero-order valence-electron chi connectivity index (χ0n) is 10.8. The Kier molecular flexibility index (Phi) is 3.53. The maximum absolute atomic E-state index is 6.09. The molecule has 3 aliphatic rings. The lowest BCUT2D eigenvalue weighted by atomic mass is 9.90. The Hall–Kier alpha value is -0.340. The number of hydrogen-bond donors (Lipinski definition) is 0. The van der Waals surface area contributed by atoms with Crippen LogP contribution >= 0.6 is 0 Å². The van der Waals surface area contributed by atoms with E-state index in [1.165, 1.54) is 51.6 Å². The molecule has 0 N–H and O–H groups in total. The summed E-state index contributed by atoms with van der Waals surface area (Å²) in [6.07, 6.45) is 10.9. The van der Waals surface area contributed by atoms with E-state index in [0.717, 1.165) is 24.5 Å². The van der Waals surface area contributed by atoms with Crippen molar-refractivity contribution >= 4 is 0 Å². The fourth-order valence-corrected chi connectivity index (χ4v) is 4.34. The Labute approximate surface area is 105 Å². The van der Waals surface area contributed by atoms with Crippen LogP contribution < -0.4 is 0 Å². The van der Waals surface area contributed by atoms with Crippen LogP contribution in [0, 0.1) is 11.8 Å². The smallest absolute Gasteiger partial charge is 0.0765 e. The predicted molar refractivity (Wildman–Crippen MR) is 70.0 cm³/mol. The average molecular weight is 235 g/mol. The van der Waals surface area contributed by atoms with Gasteiger partial charge in [-0.05, 0) is 57.0 Å². The van der Waals surface area contributed by atoms with Gasteiger partial charge < -0.3 is 4.74 Å². The number of ether oxygens (including phenoxy) is 1. The molecule has 0 aromatic heterocycles. The van der Waals surface area contributed by atoms with Crippen molar-refractivity contribution in [1.82, 2.24) is 4.90 Å². The lowest BCUT2D eigenvalue weighted by molar-refractivity contribution is -0.0372. The third-order valence-corrected chi connectivity index (χ3v) is 5.02. The van der Waals surface area contributed by atoms with Gasteiger partial charge in [0.05, 0.1) is 12.7 Å². The monoisotopic (exact) mass is 235 g/mol. The molecule has 96 valence electrons. The number of nitrogens with zero attached hydrogens (tertiary/aromatic N) is 1. The van der Waals surface area contributed by atoms with Crippen LogP contribution in [0.4, 0.5) is 0 Å². The van der Waals surface area contributed by atoms with E-state index in [1.54, 1.807) is 0 Å². The standard InChI is InChI=1S/C15H25NO/c1-2-10-17-15-13-7-6-12(11-13)14(15)16-8-4-3-5-9-16/h2,12-15H,1,3-11H2. The summed E-state index contributed by atoms with van der Waals surface area (Å²) in [4.78, 5) is 2.74. The van der Waals surface area contributed by atoms with Gasteiger partial charge in [-0.1, -0.05) is 12.5 Å². The number of hydrogen-bond acceptors (Lipinski definition) is 2. The molecular formula is C15H25NO. The van der Waals surface area contributed by atoms with E-state index >= 15 is 0 Å². The topological polar surface area (TPSA) is 12.5 Å². The van der Waals surface area contributed by atoms with Crippen LogP contribution in [0.2, 0.25) is 0 Å². The van der Waals surface area contributed by atoms with E-state index < -0.39 is 0 Å². The molecule has 0 radical (unpaired) electrons. The van der Waals surface area contributed by atoms with Crippen molar-refractivity contribution in [1.29, 1.82) is 0 Å². The number of fused-ring (bicyclic) bond motifs is 2. The minimum absolute atomic E-state index is 0.504. The van der Waals surface area contributed by atoms with Crippen molar-refractivity contribution in [3.63, 3.8) is 0 Å². The summed E-state index contributed by atoms with van der Waals surface area (Å²) in [5.41, 5.74) is 0. The molecule has 4 atom stereocenters. The molecule has 2 bridgehead atoms. The normalized spacial score (nSPS) is 41.9. The summed E-state index contributed by atoms with van der Waals surface area (Å²) in [6, 6.07) is 0.731. The molecule has 2 nitrogen and oxygen atoms in total. The van der Waals surface area contributed by atoms with Crippen LogP contribution in [-0.2, 0) is 4.74 Å². The SMILES string of the molecule is C=CCOC1C2CCC(C2)C1N1CCCCC1. The van der Waals surface area contributed by atoms with Gasteiger partial charge in [-0.2, -0.15) is 0 Å². The molecule has 4 unspecified atom stereocenters. The van der Waals surface area contributed by atoms with E-state index in [4.69, 9.17) is 4.74 Å². The Balaban J connectivity index is 1.68. The molecule has 0 amide bonds. The number of likely N-dealkylation sites (tertiary alicyclic amines) is 1. The maximum Gasteiger partial charge on any atom is 0.0765 e. The Morgan fingerprint density at radius 3 is 2.65 bits per heavy atom.